The normalized spacial score (nSPS) is 20.0. The Kier molecular flexibility index (Phi) is 8.18. The molecule has 3 heterocycles. The molecule has 0 radical (unpaired) electrons. The van der Waals surface area contributed by atoms with Gasteiger partial charge in [0.25, 0.3) is 0 Å². The number of aromatic amines is 1. The topological polar surface area (TPSA) is 105 Å². The van der Waals surface area contributed by atoms with Crippen molar-refractivity contribution >= 4 is 11.9 Å². The molecule has 0 unspecified atom stereocenters. The van der Waals surface area contributed by atoms with Gasteiger partial charge >= 0.3 is 24.2 Å². The van der Waals surface area contributed by atoms with Gasteiger partial charge in [0.05, 0.1) is 23.7 Å². The molecule has 1 saturated carbocycles. The molecule has 2 atom stereocenters. The lowest BCUT2D eigenvalue weighted by atomic mass is 9.93. The first-order valence-corrected chi connectivity index (χ1v) is 13.8. The molecule has 2 aromatic heterocycles. The Morgan fingerprint density at radius 2 is 1.65 bits per heavy atom. The van der Waals surface area contributed by atoms with Gasteiger partial charge in [-0.15, -0.1) is 0 Å². The number of carbonyl (C=O) groups is 1. The average Bonchev–Trinajstić information content (AvgIpc) is 3.52. The van der Waals surface area contributed by atoms with E-state index in [1.807, 2.05) is 6.92 Å². The fourth-order valence-electron chi connectivity index (χ4n) is 5.82. The van der Waals surface area contributed by atoms with Crippen molar-refractivity contribution in [2.24, 2.45) is 0 Å². The molecule has 3 aromatic rings. The number of alkyl halides is 6. The summed E-state index contributed by atoms with van der Waals surface area (Å²) in [6.45, 7) is 3.94. The van der Waals surface area contributed by atoms with Gasteiger partial charge in [0.2, 0.25) is 0 Å². The van der Waals surface area contributed by atoms with E-state index in [4.69, 9.17) is 4.74 Å². The van der Waals surface area contributed by atoms with Crippen molar-refractivity contribution in [1.82, 2.24) is 20.0 Å². The van der Waals surface area contributed by atoms with E-state index in [2.05, 4.69) is 24.5 Å². The Morgan fingerprint density at radius 1 is 1.00 bits per heavy atom. The number of nitrogens with zero attached hydrogens (tertiary/aromatic N) is 4. The highest BCUT2D eigenvalue weighted by Gasteiger charge is 2.43. The molecular weight excluding hydrogens is 584 g/mol. The number of hydrogen-bond donors (Lipinski definition) is 1. The van der Waals surface area contributed by atoms with Crippen LogP contribution in [0.2, 0.25) is 0 Å². The molecule has 1 saturated heterocycles. The van der Waals surface area contributed by atoms with Crippen molar-refractivity contribution in [1.29, 1.82) is 0 Å². The zero-order valence-electron chi connectivity index (χ0n) is 23.3. The second-order valence-corrected chi connectivity index (χ2v) is 10.7. The number of carbonyl (C=O) groups excluding carboxylic acids is 1. The molecule has 0 bridgehead atoms. The first-order chi connectivity index (χ1) is 20.3. The lowest BCUT2D eigenvalue weighted by molar-refractivity contribution is -0.143. The SMILES string of the molecule is CCN(c1ncc(-c2noc(=O)[nH]2)cc1CN1C(=O)O[C@H](c2cc(C(F)(F)F)cc(C(F)(F)F)c2)[C@@H]1C)C1CCCCC1. The largest absolute Gasteiger partial charge is 0.439 e. The van der Waals surface area contributed by atoms with E-state index < -0.39 is 53.0 Å². The summed E-state index contributed by atoms with van der Waals surface area (Å²) in [5.41, 5.74) is -2.50. The molecule has 2 fully saturated rings. The molecule has 232 valence electrons. The van der Waals surface area contributed by atoms with Crippen LogP contribution in [-0.2, 0) is 23.6 Å². The zero-order valence-corrected chi connectivity index (χ0v) is 23.3. The summed E-state index contributed by atoms with van der Waals surface area (Å²) in [5, 5.41) is 3.70. The third-order valence-electron chi connectivity index (χ3n) is 7.96. The number of anilines is 1. The zero-order chi connectivity index (χ0) is 31.1. The molecule has 0 spiro atoms. The fraction of sp³-hybridized carbons (Fsp3) is 0.500. The van der Waals surface area contributed by atoms with Gasteiger partial charge in [-0.25, -0.2) is 14.6 Å². The first-order valence-electron chi connectivity index (χ1n) is 13.8. The number of aromatic nitrogens is 3. The number of pyridine rings is 1. The molecule has 1 N–H and O–H groups in total. The molecule has 9 nitrogen and oxygen atoms in total. The Hall–Kier alpha value is -4.04. The fourth-order valence-corrected chi connectivity index (χ4v) is 5.82. The minimum absolute atomic E-state index is 0.0327. The van der Waals surface area contributed by atoms with Crippen LogP contribution in [0.3, 0.4) is 0 Å². The van der Waals surface area contributed by atoms with E-state index >= 15 is 0 Å². The maximum Gasteiger partial charge on any atom is 0.439 e. The highest BCUT2D eigenvalue weighted by atomic mass is 19.4. The monoisotopic (exact) mass is 613 g/mol. The van der Waals surface area contributed by atoms with E-state index in [-0.39, 0.29) is 24.5 Å². The van der Waals surface area contributed by atoms with Gasteiger partial charge < -0.3 is 9.64 Å². The minimum Gasteiger partial charge on any atom is -0.439 e. The van der Waals surface area contributed by atoms with Crippen molar-refractivity contribution < 1.29 is 40.4 Å². The van der Waals surface area contributed by atoms with Gasteiger partial charge in [0.15, 0.2) is 5.82 Å². The van der Waals surface area contributed by atoms with Crippen molar-refractivity contribution in [3.63, 3.8) is 0 Å². The lowest BCUT2D eigenvalue weighted by Gasteiger charge is -2.36. The van der Waals surface area contributed by atoms with Crippen LogP contribution in [0.1, 0.15) is 74.3 Å². The van der Waals surface area contributed by atoms with E-state index in [0.29, 0.717) is 35.6 Å². The number of halogens is 6. The highest BCUT2D eigenvalue weighted by molar-refractivity contribution is 5.72. The van der Waals surface area contributed by atoms with Gasteiger partial charge in [-0.1, -0.05) is 24.4 Å². The number of hydrogen-bond acceptors (Lipinski definition) is 7. The molecule has 1 amide bonds. The van der Waals surface area contributed by atoms with Crippen LogP contribution in [0, 0.1) is 0 Å². The third kappa shape index (κ3) is 6.34. The van der Waals surface area contributed by atoms with Crippen LogP contribution < -0.4 is 10.7 Å². The molecule has 2 aliphatic rings. The lowest BCUT2D eigenvalue weighted by Crippen LogP contribution is -2.39. The summed E-state index contributed by atoms with van der Waals surface area (Å²) in [4.78, 5) is 35.1. The van der Waals surface area contributed by atoms with Gasteiger partial charge in [-0.05, 0) is 56.5 Å². The van der Waals surface area contributed by atoms with E-state index in [9.17, 15) is 35.9 Å². The molecular formula is C28H29F6N5O4. The molecule has 5 rings (SSSR count). The van der Waals surface area contributed by atoms with E-state index in [0.717, 1.165) is 32.1 Å². The van der Waals surface area contributed by atoms with Crippen LogP contribution in [0.4, 0.5) is 37.0 Å². The summed E-state index contributed by atoms with van der Waals surface area (Å²) >= 11 is 0. The van der Waals surface area contributed by atoms with Gasteiger partial charge in [-0.3, -0.25) is 14.4 Å². The van der Waals surface area contributed by atoms with Crippen molar-refractivity contribution in [2.75, 3.05) is 11.4 Å². The number of rotatable bonds is 7. The van der Waals surface area contributed by atoms with Crippen molar-refractivity contribution in [3.8, 4) is 11.4 Å². The van der Waals surface area contributed by atoms with Crippen molar-refractivity contribution in [3.05, 3.63) is 63.3 Å². The predicted molar refractivity (Wildman–Crippen MR) is 141 cm³/mol. The molecule has 1 aliphatic carbocycles. The Bertz CT molecular complexity index is 1500. The van der Waals surface area contributed by atoms with Crippen LogP contribution in [0.25, 0.3) is 11.4 Å². The van der Waals surface area contributed by atoms with Gasteiger partial charge in [0.1, 0.15) is 11.9 Å². The second-order valence-electron chi connectivity index (χ2n) is 10.7. The standard InChI is InChI=1S/C28H29F6N5O4/c1-3-38(21-7-5-4-6-8-21)24-18(9-17(13-35-24)23-36-25(40)43-37-23)14-39-15(2)22(42-26(39)41)16-10-19(27(29,30)31)12-20(11-16)28(32,33)34/h9-13,15,21-22H,3-8,14H2,1-2H3,(H,36,37,40)/t15-,22-/m0/s1. The Balaban J connectivity index is 1.52. The van der Waals surface area contributed by atoms with E-state index in [1.165, 1.54) is 18.0 Å². The number of H-pyrrole nitrogens is 1. The maximum atomic E-state index is 13.5. The number of benzene rings is 1. The molecule has 15 heteroatoms. The number of cyclic esters (lactones) is 1. The minimum atomic E-state index is -5.05. The van der Waals surface area contributed by atoms with Crippen LogP contribution in [-0.4, -0.2) is 44.7 Å². The Labute approximate surface area is 241 Å². The first kappa shape index (κ1) is 30.4. The Morgan fingerprint density at radius 3 is 2.21 bits per heavy atom. The van der Waals surface area contributed by atoms with Crippen LogP contribution >= 0.6 is 0 Å². The highest BCUT2D eigenvalue weighted by Crippen LogP contribution is 2.41. The van der Waals surface area contributed by atoms with E-state index in [1.54, 1.807) is 6.07 Å². The summed E-state index contributed by atoms with van der Waals surface area (Å²) in [7, 11) is 0. The second kappa shape index (κ2) is 11.6. The van der Waals surface area contributed by atoms with Crippen LogP contribution in [0.5, 0.6) is 0 Å². The summed E-state index contributed by atoms with van der Waals surface area (Å²) in [6.07, 6.45) is -5.81. The van der Waals surface area contributed by atoms with Crippen molar-refractivity contribution in [2.45, 2.75) is 83.0 Å². The third-order valence-corrected chi connectivity index (χ3v) is 7.96. The summed E-state index contributed by atoms with van der Waals surface area (Å²) in [6, 6.07) is 2.09. The summed E-state index contributed by atoms with van der Waals surface area (Å²) < 4.78 is 91.1. The van der Waals surface area contributed by atoms with Crippen LogP contribution in [0.15, 0.2) is 39.8 Å². The molecule has 43 heavy (non-hydrogen) atoms. The smallest absolute Gasteiger partial charge is 0.439 e. The average molecular weight is 614 g/mol. The molecule has 1 aliphatic heterocycles. The predicted octanol–water partition coefficient (Wildman–Crippen LogP) is 6.70. The quantitative estimate of drug-likeness (QED) is 0.296. The number of nitrogens with one attached hydrogen (secondary N) is 1. The number of ether oxygens (including phenoxy) is 1. The van der Waals surface area contributed by atoms with Gasteiger partial charge in [-0.2, -0.15) is 26.3 Å². The maximum absolute atomic E-state index is 13.5. The number of amides is 1. The van der Waals surface area contributed by atoms with Gasteiger partial charge in [0, 0.05) is 29.9 Å². The molecule has 1 aromatic carbocycles. The summed E-state index contributed by atoms with van der Waals surface area (Å²) in [5.74, 6) is -0.118.